The molecule has 0 saturated heterocycles. The predicted molar refractivity (Wildman–Crippen MR) is 154 cm³/mol. The summed E-state index contributed by atoms with van der Waals surface area (Å²) < 4.78 is 0. The molecule has 0 atom stereocenters. The van der Waals surface area contributed by atoms with E-state index in [0.717, 1.165) is 55.7 Å². The maximum Gasteiger partial charge on any atom is 0.0716 e. The predicted octanol–water partition coefficient (Wildman–Crippen LogP) is 8.24. The Morgan fingerprint density at radius 1 is 0.421 bits per heavy atom. The highest BCUT2D eigenvalue weighted by Crippen LogP contribution is 2.33. The van der Waals surface area contributed by atoms with Crippen molar-refractivity contribution in [3.63, 3.8) is 0 Å². The Labute approximate surface area is 220 Å². The van der Waals surface area contributed by atoms with Crippen LogP contribution in [-0.2, 0) is 0 Å². The number of fused-ring (bicyclic) bond motifs is 3. The van der Waals surface area contributed by atoms with Crippen LogP contribution in [0.2, 0.25) is 0 Å². The lowest BCUT2D eigenvalue weighted by Gasteiger charge is -2.12. The lowest BCUT2D eigenvalue weighted by atomic mass is 9.96. The zero-order valence-corrected chi connectivity index (χ0v) is 20.5. The zero-order valence-electron chi connectivity index (χ0n) is 20.5. The van der Waals surface area contributed by atoms with Gasteiger partial charge in [-0.1, -0.05) is 54.6 Å². The van der Waals surface area contributed by atoms with Crippen molar-refractivity contribution in [3.05, 3.63) is 134 Å². The number of hydrogen-bond acceptors (Lipinski definition) is 4. The molecule has 4 heterocycles. The largest absolute Gasteiger partial charge is 0.265 e. The summed E-state index contributed by atoms with van der Waals surface area (Å²) in [6.07, 6.45) is 9.15. The molecule has 38 heavy (non-hydrogen) atoms. The summed E-state index contributed by atoms with van der Waals surface area (Å²) in [5, 5.41) is 3.55. The summed E-state index contributed by atoms with van der Waals surface area (Å²) in [4.78, 5) is 18.1. The molecule has 0 aliphatic rings. The number of rotatable bonds is 4. The Kier molecular flexibility index (Phi) is 5.41. The van der Waals surface area contributed by atoms with Gasteiger partial charge in [0.2, 0.25) is 0 Å². The van der Waals surface area contributed by atoms with Gasteiger partial charge in [0.15, 0.2) is 0 Å². The average Bonchev–Trinajstić information content (AvgIpc) is 3.01. The molecule has 4 nitrogen and oxygen atoms in total. The third-order valence-corrected chi connectivity index (χ3v) is 6.90. The second-order valence-electron chi connectivity index (χ2n) is 9.26. The molecule has 0 saturated carbocycles. The Morgan fingerprint density at radius 3 is 1.76 bits per heavy atom. The van der Waals surface area contributed by atoms with Gasteiger partial charge >= 0.3 is 0 Å². The van der Waals surface area contributed by atoms with Gasteiger partial charge in [0, 0.05) is 52.9 Å². The fraction of sp³-hybridized carbons (Fsp3) is 0. The van der Waals surface area contributed by atoms with Crippen molar-refractivity contribution in [1.29, 1.82) is 0 Å². The molecule has 0 bridgehead atoms. The van der Waals surface area contributed by atoms with Gasteiger partial charge in [-0.25, -0.2) is 4.98 Å². The molecule has 3 aromatic carbocycles. The van der Waals surface area contributed by atoms with Crippen molar-refractivity contribution >= 4 is 21.7 Å². The molecule has 0 unspecified atom stereocenters. The third-order valence-electron chi connectivity index (χ3n) is 6.90. The summed E-state index contributed by atoms with van der Waals surface area (Å²) >= 11 is 0. The zero-order chi connectivity index (χ0) is 25.3. The van der Waals surface area contributed by atoms with E-state index in [4.69, 9.17) is 9.97 Å². The molecule has 0 fully saturated rings. The molecule has 4 heteroatoms. The number of aromatic nitrogens is 4. The van der Waals surface area contributed by atoms with E-state index in [1.807, 2.05) is 30.5 Å². The summed E-state index contributed by atoms with van der Waals surface area (Å²) in [5.74, 6) is 0. The lowest BCUT2D eigenvalue weighted by Crippen LogP contribution is -1.92. The molecular weight excluding hydrogens is 464 g/mol. The molecule has 0 aliphatic heterocycles. The number of pyridine rings is 4. The van der Waals surface area contributed by atoms with Crippen LogP contribution in [0.4, 0.5) is 0 Å². The van der Waals surface area contributed by atoms with Gasteiger partial charge in [0.25, 0.3) is 0 Å². The lowest BCUT2D eigenvalue weighted by molar-refractivity contribution is 1.27. The van der Waals surface area contributed by atoms with Gasteiger partial charge in [0.05, 0.1) is 16.9 Å². The van der Waals surface area contributed by atoms with E-state index in [1.165, 1.54) is 10.8 Å². The number of benzene rings is 3. The van der Waals surface area contributed by atoms with Crippen LogP contribution < -0.4 is 0 Å². The van der Waals surface area contributed by atoms with Crippen LogP contribution in [0.15, 0.2) is 134 Å². The maximum absolute atomic E-state index is 4.98. The fourth-order valence-electron chi connectivity index (χ4n) is 4.96. The normalized spacial score (nSPS) is 11.2. The van der Waals surface area contributed by atoms with E-state index in [9.17, 15) is 0 Å². The van der Waals surface area contributed by atoms with Crippen LogP contribution in [0.5, 0.6) is 0 Å². The Hall–Kier alpha value is -5.22. The smallest absolute Gasteiger partial charge is 0.0716 e. The van der Waals surface area contributed by atoms with E-state index in [0.29, 0.717) is 0 Å². The molecule has 178 valence electrons. The second kappa shape index (κ2) is 9.34. The summed E-state index contributed by atoms with van der Waals surface area (Å²) in [6.45, 7) is 0. The first-order chi connectivity index (χ1) is 18.8. The van der Waals surface area contributed by atoms with Crippen LogP contribution in [0.1, 0.15) is 0 Å². The highest BCUT2D eigenvalue weighted by atomic mass is 14.7. The van der Waals surface area contributed by atoms with Crippen LogP contribution in [0, 0.1) is 0 Å². The van der Waals surface area contributed by atoms with Crippen molar-refractivity contribution in [2.75, 3.05) is 0 Å². The summed E-state index contributed by atoms with van der Waals surface area (Å²) in [5.41, 5.74) is 9.38. The molecular formula is C34H22N4. The summed E-state index contributed by atoms with van der Waals surface area (Å²) in [7, 11) is 0. The average molecular weight is 487 g/mol. The highest BCUT2D eigenvalue weighted by Gasteiger charge is 2.11. The van der Waals surface area contributed by atoms with Crippen molar-refractivity contribution in [3.8, 4) is 44.8 Å². The minimum Gasteiger partial charge on any atom is -0.265 e. The van der Waals surface area contributed by atoms with E-state index >= 15 is 0 Å². The first-order valence-electron chi connectivity index (χ1n) is 12.5. The minimum atomic E-state index is 0.906. The van der Waals surface area contributed by atoms with Gasteiger partial charge in [-0.2, -0.15) is 0 Å². The van der Waals surface area contributed by atoms with Gasteiger partial charge < -0.3 is 0 Å². The standard InChI is InChI=1S/C34H22N4/c1-2-7-30-28(4-1)22-37-34-19-27(8-9-31(30)34)25-5-3-6-26(18-25)29-20-32(23-10-14-35-15-11-23)38-33(21-29)24-12-16-36-17-13-24/h1-22H. The summed E-state index contributed by atoms with van der Waals surface area (Å²) in [6, 6.07) is 35.9. The van der Waals surface area contributed by atoms with Crippen molar-refractivity contribution in [2.45, 2.75) is 0 Å². The Balaban J connectivity index is 1.35. The van der Waals surface area contributed by atoms with E-state index in [1.54, 1.807) is 24.8 Å². The molecule has 7 aromatic rings. The molecule has 7 rings (SSSR count). The molecule has 0 N–H and O–H groups in total. The van der Waals surface area contributed by atoms with Gasteiger partial charge in [-0.3, -0.25) is 15.0 Å². The van der Waals surface area contributed by atoms with Gasteiger partial charge in [-0.05, 0) is 76.2 Å². The number of nitrogens with zero attached hydrogens (tertiary/aromatic N) is 4. The Morgan fingerprint density at radius 2 is 1.05 bits per heavy atom. The second-order valence-corrected chi connectivity index (χ2v) is 9.26. The first-order valence-corrected chi connectivity index (χ1v) is 12.5. The van der Waals surface area contributed by atoms with Crippen molar-refractivity contribution in [1.82, 2.24) is 19.9 Å². The number of hydrogen-bond donors (Lipinski definition) is 0. The molecule has 0 amide bonds. The van der Waals surface area contributed by atoms with Crippen LogP contribution >= 0.6 is 0 Å². The van der Waals surface area contributed by atoms with Crippen LogP contribution in [-0.4, -0.2) is 19.9 Å². The highest BCUT2D eigenvalue weighted by molar-refractivity contribution is 6.06. The molecule has 0 radical (unpaired) electrons. The fourth-order valence-corrected chi connectivity index (χ4v) is 4.96. The van der Waals surface area contributed by atoms with E-state index in [2.05, 4.69) is 88.8 Å². The maximum atomic E-state index is 4.98. The molecule has 0 spiro atoms. The van der Waals surface area contributed by atoms with E-state index < -0.39 is 0 Å². The topological polar surface area (TPSA) is 51.6 Å². The first kappa shape index (κ1) is 22.0. The monoisotopic (exact) mass is 486 g/mol. The van der Waals surface area contributed by atoms with E-state index in [-0.39, 0.29) is 0 Å². The molecule has 0 aliphatic carbocycles. The molecule has 4 aromatic heterocycles. The minimum absolute atomic E-state index is 0.906. The van der Waals surface area contributed by atoms with Crippen molar-refractivity contribution < 1.29 is 0 Å². The van der Waals surface area contributed by atoms with Gasteiger partial charge in [0.1, 0.15) is 0 Å². The Bertz CT molecular complexity index is 1860. The quantitative estimate of drug-likeness (QED) is 0.235. The van der Waals surface area contributed by atoms with Crippen molar-refractivity contribution in [2.24, 2.45) is 0 Å². The van der Waals surface area contributed by atoms with Crippen LogP contribution in [0.3, 0.4) is 0 Å². The van der Waals surface area contributed by atoms with Crippen LogP contribution in [0.25, 0.3) is 66.4 Å². The van der Waals surface area contributed by atoms with Gasteiger partial charge in [-0.15, -0.1) is 0 Å². The SMILES string of the molecule is c1cc(-c2cc(-c3ccncc3)nc(-c3ccncc3)c2)cc(-c2ccc3c(c2)ncc2ccccc23)c1. The third kappa shape index (κ3) is 4.08.